The first kappa shape index (κ1) is 14.2. The van der Waals surface area contributed by atoms with Crippen LogP contribution in [0, 0.1) is 5.41 Å². The molecule has 0 fully saturated rings. The molecule has 1 atom stereocenters. The Morgan fingerprint density at radius 1 is 1.33 bits per heavy atom. The summed E-state index contributed by atoms with van der Waals surface area (Å²) in [4.78, 5) is 21.3. The standard InChI is InChI=1S/C14H19NO3/c1-14(2,3)12(15-13(17)18)8-10-4-6-11(9-16)7-5-10/h4-7,9,12,15H,8H2,1-3H3,(H,17,18). The molecule has 0 aliphatic carbocycles. The van der Waals surface area contributed by atoms with Gasteiger partial charge in [-0.25, -0.2) is 4.79 Å². The van der Waals surface area contributed by atoms with Crippen molar-refractivity contribution in [2.45, 2.75) is 33.2 Å². The van der Waals surface area contributed by atoms with Crippen molar-refractivity contribution in [2.75, 3.05) is 0 Å². The zero-order chi connectivity index (χ0) is 13.8. The summed E-state index contributed by atoms with van der Waals surface area (Å²) in [7, 11) is 0. The number of benzene rings is 1. The Morgan fingerprint density at radius 2 is 1.89 bits per heavy atom. The second kappa shape index (κ2) is 5.67. The van der Waals surface area contributed by atoms with Crippen LogP contribution in [0.4, 0.5) is 4.79 Å². The van der Waals surface area contributed by atoms with Crippen LogP contribution in [-0.4, -0.2) is 23.5 Å². The van der Waals surface area contributed by atoms with E-state index in [1.807, 2.05) is 32.9 Å². The van der Waals surface area contributed by atoms with Crippen molar-refractivity contribution >= 4 is 12.4 Å². The number of carbonyl (C=O) groups is 2. The summed E-state index contributed by atoms with van der Waals surface area (Å²) >= 11 is 0. The SMILES string of the molecule is CC(C)(C)C(Cc1ccc(C=O)cc1)NC(=O)O. The van der Waals surface area contributed by atoms with E-state index in [0.29, 0.717) is 12.0 Å². The highest BCUT2D eigenvalue weighted by Gasteiger charge is 2.26. The minimum absolute atomic E-state index is 0.165. The molecule has 1 amide bonds. The van der Waals surface area contributed by atoms with Gasteiger partial charge in [0.1, 0.15) is 6.29 Å². The van der Waals surface area contributed by atoms with Crippen LogP contribution >= 0.6 is 0 Å². The number of rotatable bonds is 4. The van der Waals surface area contributed by atoms with E-state index < -0.39 is 6.09 Å². The fourth-order valence-electron chi connectivity index (χ4n) is 1.69. The highest BCUT2D eigenvalue weighted by molar-refractivity contribution is 5.74. The van der Waals surface area contributed by atoms with Gasteiger partial charge in [0.15, 0.2) is 0 Å². The molecule has 0 spiro atoms. The lowest BCUT2D eigenvalue weighted by Gasteiger charge is -2.30. The maximum Gasteiger partial charge on any atom is 0.404 e. The smallest absolute Gasteiger partial charge is 0.404 e. The lowest BCUT2D eigenvalue weighted by molar-refractivity contribution is 0.112. The molecule has 4 nitrogen and oxygen atoms in total. The third-order valence-electron chi connectivity index (χ3n) is 2.90. The first-order chi connectivity index (χ1) is 8.32. The van der Waals surface area contributed by atoms with Crippen molar-refractivity contribution in [3.8, 4) is 0 Å². The van der Waals surface area contributed by atoms with Gasteiger partial charge in [0.25, 0.3) is 0 Å². The van der Waals surface area contributed by atoms with Gasteiger partial charge in [0.2, 0.25) is 0 Å². The number of aldehydes is 1. The van der Waals surface area contributed by atoms with E-state index in [4.69, 9.17) is 5.11 Å². The molecule has 18 heavy (non-hydrogen) atoms. The van der Waals surface area contributed by atoms with Crippen molar-refractivity contribution in [1.29, 1.82) is 0 Å². The molecule has 0 aliphatic rings. The lowest BCUT2D eigenvalue weighted by atomic mass is 9.83. The highest BCUT2D eigenvalue weighted by atomic mass is 16.4. The van der Waals surface area contributed by atoms with Crippen LogP contribution in [0.2, 0.25) is 0 Å². The maximum atomic E-state index is 10.8. The Balaban J connectivity index is 2.82. The third kappa shape index (κ3) is 4.20. The molecule has 0 bridgehead atoms. The second-order valence-electron chi connectivity index (χ2n) is 5.43. The summed E-state index contributed by atoms with van der Waals surface area (Å²) in [5.74, 6) is 0. The first-order valence-corrected chi connectivity index (χ1v) is 5.86. The van der Waals surface area contributed by atoms with Crippen molar-refractivity contribution in [3.63, 3.8) is 0 Å². The Bertz CT molecular complexity index is 418. The van der Waals surface area contributed by atoms with Crippen LogP contribution in [-0.2, 0) is 6.42 Å². The van der Waals surface area contributed by atoms with E-state index in [0.717, 1.165) is 11.8 Å². The number of carbonyl (C=O) groups excluding carboxylic acids is 1. The molecule has 0 heterocycles. The van der Waals surface area contributed by atoms with E-state index in [2.05, 4.69) is 5.32 Å². The second-order valence-corrected chi connectivity index (χ2v) is 5.43. The lowest BCUT2D eigenvalue weighted by Crippen LogP contribution is -2.44. The average molecular weight is 249 g/mol. The van der Waals surface area contributed by atoms with E-state index in [9.17, 15) is 9.59 Å². The van der Waals surface area contributed by atoms with E-state index >= 15 is 0 Å². The predicted molar refractivity (Wildman–Crippen MR) is 69.9 cm³/mol. The fraction of sp³-hybridized carbons (Fsp3) is 0.429. The van der Waals surface area contributed by atoms with Crippen molar-refractivity contribution in [2.24, 2.45) is 5.41 Å². The molecule has 0 saturated carbocycles. The summed E-state index contributed by atoms with van der Waals surface area (Å²) in [6.45, 7) is 5.98. The molecule has 0 aliphatic heterocycles. The number of carboxylic acid groups (broad SMARTS) is 1. The average Bonchev–Trinajstić information content (AvgIpc) is 2.27. The molecule has 1 rings (SSSR count). The van der Waals surface area contributed by atoms with E-state index in [1.54, 1.807) is 12.1 Å². The number of hydrogen-bond acceptors (Lipinski definition) is 2. The van der Waals surface area contributed by atoms with Crippen molar-refractivity contribution < 1.29 is 14.7 Å². The predicted octanol–water partition coefficient (Wildman–Crippen LogP) is 2.72. The monoisotopic (exact) mass is 249 g/mol. The highest BCUT2D eigenvalue weighted by Crippen LogP contribution is 2.22. The maximum absolute atomic E-state index is 10.8. The largest absolute Gasteiger partial charge is 0.465 e. The van der Waals surface area contributed by atoms with Gasteiger partial charge in [-0.15, -0.1) is 0 Å². The Labute approximate surface area is 107 Å². The van der Waals surface area contributed by atoms with Crippen LogP contribution < -0.4 is 5.32 Å². The molecular weight excluding hydrogens is 230 g/mol. The summed E-state index contributed by atoms with van der Waals surface area (Å²) in [5.41, 5.74) is 1.47. The van der Waals surface area contributed by atoms with Crippen molar-refractivity contribution in [3.05, 3.63) is 35.4 Å². The van der Waals surface area contributed by atoms with Gasteiger partial charge in [0, 0.05) is 11.6 Å². The Kier molecular flexibility index (Phi) is 4.48. The van der Waals surface area contributed by atoms with Gasteiger partial charge in [-0.1, -0.05) is 45.0 Å². The normalized spacial score (nSPS) is 12.8. The minimum atomic E-state index is -1.01. The molecular formula is C14H19NO3. The summed E-state index contributed by atoms with van der Waals surface area (Å²) in [5, 5.41) is 11.4. The number of amides is 1. The molecule has 2 N–H and O–H groups in total. The zero-order valence-corrected chi connectivity index (χ0v) is 10.9. The van der Waals surface area contributed by atoms with Crippen molar-refractivity contribution in [1.82, 2.24) is 5.32 Å². The number of nitrogens with one attached hydrogen (secondary N) is 1. The molecule has 98 valence electrons. The molecule has 1 aromatic carbocycles. The molecule has 1 unspecified atom stereocenters. The van der Waals surface area contributed by atoms with Gasteiger partial charge < -0.3 is 10.4 Å². The third-order valence-corrected chi connectivity index (χ3v) is 2.90. The molecule has 1 aromatic rings. The molecule has 4 heteroatoms. The van der Waals surface area contributed by atoms with Crippen LogP contribution in [0.25, 0.3) is 0 Å². The molecule has 0 radical (unpaired) electrons. The minimum Gasteiger partial charge on any atom is -0.465 e. The van der Waals surface area contributed by atoms with Gasteiger partial charge in [-0.05, 0) is 17.4 Å². The van der Waals surface area contributed by atoms with Crippen LogP contribution in [0.15, 0.2) is 24.3 Å². The van der Waals surface area contributed by atoms with Gasteiger partial charge in [-0.3, -0.25) is 4.79 Å². The van der Waals surface area contributed by atoms with Crippen LogP contribution in [0.5, 0.6) is 0 Å². The van der Waals surface area contributed by atoms with E-state index in [-0.39, 0.29) is 11.5 Å². The molecule has 0 aromatic heterocycles. The molecule has 0 saturated heterocycles. The van der Waals surface area contributed by atoms with Gasteiger partial charge >= 0.3 is 6.09 Å². The summed E-state index contributed by atoms with van der Waals surface area (Å²) in [6, 6.07) is 7.01. The van der Waals surface area contributed by atoms with Crippen LogP contribution in [0.3, 0.4) is 0 Å². The van der Waals surface area contributed by atoms with Gasteiger partial charge in [-0.2, -0.15) is 0 Å². The topological polar surface area (TPSA) is 66.4 Å². The fourth-order valence-corrected chi connectivity index (χ4v) is 1.69. The van der Waals surface area contributed by atoms with E-state index in [1.165, 1.54) is 0 Å². The summed E-state index contributed by atoms with van der Waals surface area (Å²) in [6.07, 6.45) is 0.384. The van der Waals surface area contributed by atoms with Gasteiger partial charge in [0.05, 0.1) is 0 Å². The summed E-state index contributed by atoms with van der Waals surface area (Å²) < 4.78 is 0. The zero-order valence-electron chi connectivity index (χ0n) is 10.9. The number of hydrogen-bond donors (Lipinski definition) is 2. The quantitative estimate of drug-likeness (QED) is 0.806. The Morgan fingerprint density at radius 3 is 2.28 bits per heavy atom. The van der Waals surface area contributed by atoms with Crippen LogP contribution in [0.1, 0.15) is 36.7 Å². The Hall–Kier alpha value is -1.84. The first-order valence-electron chi connectivity index (χ1n) is 5.86.